The number of rotatable bonds is 12. The predicted octanol–water partition coefficient (Wildman–Crippen LogP) is 4.68. The smallest absolute Gasteiger partial charge is 0.207 e. The zero-order chi connectivity index (χ0) is 28.2. The van der Waals surface area contributed by atoms with Crippen LogP contribution in [0, 0.1) is 28.8 Å². The Bertz CT molecular complexity index is 1400. The van der Waals surface area contributed by atoms with Crippen molar-refractivity contribution in [2.45, 2.75) is 50.2 Å². The van der Waals surface area contributed by atoms with E-state index in [2.05, 4.69) is 10.6 Å². The summed E-state index contributed by atoms with van der Waals surface area (Å²) < 4.78 is 45.3. The minimum atomic E-state index is -1.17. The number of hydrogen-bond acceptors (Lipinski definition) is 7. The van der Waals surface area contributed by atoms with Crippen LogP contribution in [-0.2, 0) is 11.2 Å². The second-order valence-electron chi connectivity index (χ2n) is 9.89. The van der Waals surface area contributed by atoms with E-state index in [9.17, 15) is 14.3 Å². The highest BCUT2D eigenvalue weighted by Gasteiger charge is 2.34. The molecule has 39 heavy (non-hydrogen) atoms. The van der Waals surface area contributed by atoms with Gasteiger partial charge in [0.2, 0.25) is 6.41 Å². The van der Waals surface area contributed by atoms with Crippen molar-refractivity contribution in [1.29, 1.82) is 5.26 Å². The van der Waals surface area contributed by atoms with E-state index in [4.69, 9.17) is 16.7 Å². The van der Waals surface area contributed by atoms with Crippen LogP contribution >= 0.6 is 11.3 Å². The first-order valence-electron chi connectivity index (χ1n) is 12.6. The van der Waals surface area contributed by atoms with Crippen molar-refractivity contribution in [2.24, 2.45) is 5.73 Å². The van der Waals surface area contributed by atoms with Gasteiger partial charge in [0.05, 0.1) is 22.5 Å². The van der Waals surface area contributed by atoms with Gasteiger partial charge < -0.3 is 27.2 Å². The Morgan fingerprint density at radius 2 is 1.95 bits per heavy atom. The van der Waals surface area contributed by atoms with Gasteiger partial charge in [0, 0.05) is 40.0 Å². The number of amides is 1. The van der Waals surface area contributed by atoms with Gasteiger partial charge in [-0.1, -0.05) is 6.07 Å². The fourth-order valence-electron chi connectivity index (χ4n) is 4.62. The molecule has 1 aromatic heterocycles. The third-order valence-corrected chi connectivity index (χ3v) is 8.18. The number of thiophene rings is 1. The molecule has 0 aliphatic heterocycles. The Balaban J connectivity index is 1.70. The third kappa shape index (κ3) is 6.36. The molecule has 206 valence electrons. The molecule has 1 atom stereocenters. The molecule has 4 rings (SSSR count). The number of carbonyl (C=O) groups is 1. The molecule has 1 unspecified atom stereocenters. The van der Waals surface area contributed by atoms with E-state index in [0.29, 0.717) is 61.1 Å². The predicted molar refractivity (Wildman–Crippen MR) is 146 cm³/mol. The van der Waals surface area contributed by atoms with E-state index in [1.165, 1.54) is 29.5 Å². The molecular formula is C28H30F3N5O2S. The summed E-state index contributed by atoms with van der Waals surface area (Å²) in [6.45, 7) is 0.538. The molecule has 1 saturated carbocycles. The molecule has 1 amide bonds. The van der Waals surface area contributed by atoms with Crippen LogP contribution in [0.15, 0.2) is 30.3 Å². The molecule has 0 spiro atoms. The quantitative estimate of drug-likeness (QED) is 0.125. The highest BCUT2D eigenvalue weighted by atomic mass is 32.1. The fourth-order valence-corrected chi connectivity index (χ4v) is 5.90. The fraction of sp³-hybridized carbons (Fsp3) is 0.357. The van der Waals surface area contributed by atoms with Gasteiger partial charge in [0.25, 0.3) is 0 Å². The van der Waals surface area contributed by atoms with Crippen LogP contribution in [0.3, 0.4) is 0 Å². The van der Waals surface area contributed by atoms with Crippen LogP contribution in [0.5, 0.6) is 0 Å². The molecule has 2 aromatic carbocycles. The average Bonchev–Trinajstić information content (AvgIpc) is 3.30. The van der Waals surface area contributed by atoms with Gasteiger partial charge in [-0.3, -0.25) is 4.79 Å². The molecule has 1 fully saturated rings. The number of halogens is 3. The van der Waals surface area contributed by atoms with Crippen LogP contribution in [0.2, 0.25) is 0 Å². The summed E-state index contributed by atoms with van der Waals surface area (Å²) in [6, 6.07) is 8.68. The summed E-state index contributed by atoms with van der Waals surface area (Å²) in [7, 11) is 0. The molecule has 1 aliphatic carbocycles. The highest BCUT2D eigenvalue weighted by Crippen LogP contribution is 2.44. The molecule has 1 heterocycles. The van der Waals surface area contributed by atoms with Crippen molar-refractivity contribution >= 4 is 29.1 Å². The minimum Gasteiger partial charge on any atom is -0.397 e. The summed E-state index contributed by atoms with van der Waals surface area (Å²) in [5, 5.41) is 24.8. The number of benzene rings is 2. The van der Waals surface area contributed by atoms with Crippen LogP contribution in [0.25, 0.3) is 21.6 Å². The van der Waals surface area contributed by atoms with E-state index in [-0.39, 0.29) is 35.1 Å². The Kier molecular flexibility index (Phi) is 8.80. The number of nitrogen functional groups attached to an aromatic ring is 1. The zero-order valence-corrected chi connectivity index (χ0v) is 22.0. The van der Waals surface area contributed by atoms with E-state index in [0.717, 1.165) is 11.3 Å². The maximum absolute atomic E-state index is 15.5. The maximum atomic E-state index is 15.5. The second kappa shape index (κ2) is 12.1. The summed E-state index contributed by atoms with van der Waals surface area (Å²) in [4.78, 5) is 11.6. The zero-order valence-electron chi connectivity index (χ0n) is 21.2. The van der Waals surface area contributed by atoms with Crippen LogP contribution in [-0.4, -0.2) is 36.2 Å². The number of hydrogen-bond donors (Lipinski definition) is 5. The van der Waals surface area contributed by atoms with Gasteiger partial charge in [0.15, 0.2) is 11.6 Å². The molecule has 0 bridgehead atoms. The van der Waals surface area contributed by atoms with E-state index in [1.807, 2.05) is 0 Å². The van der Waals surface area contributed by atoms with Crippen LogP contribution < -0.4 is 22.1 Å². The van der Waals surface area contributed by atoms with Crippen molar-refractivity contribution in [3.05, 3.63) is 58.2 Å². The minimum absolute atomic E-state index is 0.0295. The Morgan fingerprint density at radius 1 is 1.18 bits per heavy atom. The van der Waals surface area contributed by atoms with Gasteiger partial charge in [-0.2, -0.15) is 5.26 Å². The topological polar surface area (TPSA) is 137 Å². The molecule has 11 heteroatoms. The molecule has 3 aromatic rings. The number of anilines is 2. The van der Waals surface area contributed by atoms with Crippen LogP contribution in [0.4, 0.5) is 24.5 Å². The van der Waals surface area contributed by atoms with Crippen molar-refractivity contribution < 1.29 is 23.1 Å². The molecule has 1 aliphatic rings. The lowest BCUT2D eigenvalue weighted by atomic mass is 9.80. The molecular weight excluding hydrogens is 527 g/mol. The number of nitriles is 1. The molecule has 0 radical (unpaired) electrons. The second-order valence-corrected chi connectivity index (χ2v) is 11.0. The van der Waals surface area contributed by atoms with Crippen LogP contribution in [0.1, 0.15) is 42.5 Å². The van der Waals surface area contributed by atoms with E-state index >= 15 is 8.78 Å². The standard InChI is InChI=1S/C28H30F3N5O2S/c29-22-9-16(4-5-17(22)13-32)20-11-19(10-18(33)3-1-8-35-15-37)39-27(20)21-12-23(34)26(25(31)24(21)30)36-14-28(38)6-2-7-28/h4-5,9,11-12,15,18,36,38H,1-3,6-8,10,14,33-34H2,(H,35,37). The van der Waals surface area contributed by atoms with Crippen molar-refractivity contribution in [2.75, 3.05) is 24.1 Å². The normalized spacial score (nSPS) is 14.8. The third-order valence-electron chi connectivity index (χ3n) is 6.99. The lowest BCUT2D eigenvalue weighted by molar-refractivity contribution is -0.109. The monoisotopic (exact) mass is 557 g/mol. The first kappa shape index (κ1) is 28.4. The molecule has 0 saturated heterocycles. The Hall–Kier alpha value is -3.59. The van der Waals surface area contributed by atoms with E-state index in [1.54, 1.807) is 18.2 Å². The average molecular weight is 558 g/mol. The van der Waals surface area contributed by atoms with Crippen molar-refractivity contribution in [3.63, 3.8) is 0 Å². The number of carbonyl (C=O) groups excluding carboxylic acids is 1. The van der Waals surface area contributed by atoms with Crippen molar-refractivity contribution in [3.8, 4) is 27.6 Å². The summed E-state index contributed by atoms with van der Waals surface area (Å²) in [6.07, 6.45) is 4.34. The highest BCUT2D eigenvalue weighted by molar-refractivity contribution is 7.16. The van der Waals surface area contributed by atoms with Gasteiger partial charge in [-0.25, -0.2) is 13.2 Å². The van der Waals surface area contributed by atoms with Gasteiger partial charge in [-0.05, 0) is 68.4 Å². The lowest BCUT2D eigenvalue weighted by Crippen LogP contribution is -2.43. The largest absolute Gasteiger partial charge is 0.397 e. The Labute approximate surface area is 228 Å². The first-order valence-corrected chi connectivity index (χ1v) is 13.5. The van der Waals surface area contributed by atoms with Crippen molar-refractivity contribution in [1.82, 2.24) is 5.32 Å². The number of nitrogens with zero attached hydrogens (tertiary/aromatic N) is 1. The molecule has 7 nitrogen and oxygen atoms in total. The first-order chi connectivity index (χ1) is 18.7. The number of nitrogens with one attached hydrogen (secondary N) is 2. The van der Waals surface area contributed by atoms with E-state index < -0.39 is 23.1 Å². The summed E-state index contributed by atoms with van der Waals surface area (Å²) >= 11 is 1.20. The van der Waals surface area contributed by atoms with Gasteiger partial charge >= 0.3 is 0 Å². The molecule has 7 N–H and O–H groups in total. The van der Waals surface area contributed by atoms with Gasteiger partial charge in [-0.15, -0.1) is 11.3 Å². The number of nitrogens with two attached hydrogens (primary N) is 2. The Morgan fingerprint density at radius 3 is 2.59 bits per heavy atom. The maximum Gasteiger partial charge on any atom is 0.207 e. The lowest BCUT2D eigenvalue weighted by Gasteiger charge is -2.37. The summed E-state index contributed by atoms with van der Waals surface area (Å²) in [5.74, 6) is -3.02. The summed E-state index contributed by atoms with van der Waals surface area (Å²) in [5.41, 5.74) is 11.8. The van der Waals surface area contributed by atoms with Gasteiger partial charge in [0.1, 0.15) is 11.9 Å². The number of aliphatic hydroxyl groups is 1. The SMILES string of the molecule is N#Cc1ccc(-c2cc(CC(N)CCCNC=O)sc2-c2cc(N)c(NCC3(O)CCC3)c(F)c2F)cc1F.